The van der Waals surface area contributed by atoms with E-state index in [9.17, 15) is 20.0 Å². The standard InChI is InChI=1S/C22H17ClN2O4/c1-13-16(11-24)21(27)25(12-14-6-4-3-5-7-14)22(28)19(13)20(26)15-8-9-18(29-2)17(23)10-15/h3-10,28H,12H2,1-2H3. The van der Waals surface area contributed by atoms with E-state index < -0.39 is 17.2 Å². The summed E-state index contributed by atoms with van der Waals surface area (Å²) < 4.78 is 6.12. The predicted octanol–water partition coefficient (Wildman–Crippen LogP) is 3.68. The van der Waals surface area contributed by atoms with E-state index in [0.717, 1.165) is 10.1 Å². The van der Waals surface area contributed by atoms with Crippen LogP contribution in [0.15, 0.2) is 53.3 Å². The number of hydrogen-bond acceptors (Lipinski definition) is 5. The Kier molecular flexibility index (Phi) is 5.71. The van der Waals surface area contributed by atoms with E-state index in [1.165, 1.54) is 32.2 Å². The Morgan fingerprint density at radius 1 is 1.24 bits per heavy atom. The Hall–Kier alpha value is -3.56. The largest absolute Gasteiger partial charge is 0.495 e. The van der Waals surface area contributed by atoms with Gasteiger partial charge in [0.25, 0.3) is 5.56 Å². The molecule has 146 valence electrons. The van der Waals surface area contributed by atoms with Gasteiger partial charge in [-0.3, -0.25) is 14.2 Å². The molecule has 0 unspecified atom stereocenters. The first-order valence-electron chi connectivity index (χ1n) is 8.67. The van der Waals surface area contributed by atoms with E-state index in [-0.39, 0.29) is 33.8 Å². The summed E-state index contributed by atoms with van der Waals surface area (Å²) in [6, 6.07) is 15.3. The summed E-state index contributed by atoms with van der Waals surface area (Å²) in [4.78, 5) is 25.9. The minimum Gasteiger partial charge on any atom is -0.495 e. The molecule has 2 aromatic carbocycles. The van der Waals surface area contributed by atoms with Crippen molar-refractivity contribution in [1.82, 2.24) is 4.57 Å². The lowest BCUT2D eigenvalue weighted by Crippen LogP contribution is -2.27. The number of aromatic hydroxyl groups is 1. The molecule has 3 aromatic rings. The summed E-state index contributed by atoms with van der Waals surface area (Å²) in [5.74, 6) is -0.647. The maximum atomic E-state index is 13.1. The summed E-state index contributed by atoms with van der Waals surface area (Å²) in [6.45, 7) is 1.48. The zero-order valence-electron chi connectivity index (χ0n) is 15.8. The van der Waals surface area contributed by atoms with Crippen molar-refractivity contribution in [3.05, 3.63) is 91.7 Å². The van der Waals surface area contributed by atoms with Gasteiger partial charge in [0, 0.05) is 5.56 Å². The van der Waals surface area contributed by atoms with E-state index in [0.29, 0.717) is 5.75 Å². The highest BCUT2D eigenvalue weighted by Gasteiger charge is 2.25. The van der Waals surface area contributed by atoms with Gasteiger partial charge in [0.05, 0.1) is 24.2 Å². The maximum Gasteiger partial charge on any atom is 0.271 e. The number of methoxy groups -OCH3 is 1. The molecule has 0 spiro atoms. The fourth-order valence-corrected chi connectivity index (χ4v) is 3.35. The number of carbonyl (C=O) groups excluding carboxylic acids is 1. The number of aromatic nitrogens is 1. The van der Waals surface area contributed by atoms with E-state index in [1.807, 2.05) is 12.1 Å². The van der Waals surface area contributed by atoms with Crippen LogP contribution >= 0.6 is 11.6 Å². The van der Waals surface area contributed by atoms with Crippen molar-refractivity contribution in [2.75, 3.05) is 7.11 Å². The van der Waals surface area contributed by atoms with Crippen molar-refractivity contribution in [2.24, 2.45) is 0 Å². The SMILES string of the molecule is COc1ccc(C(=O)c2c(C)c(C#N)c(=O)n(Cc3ccccc3)c2O)cc1Cl. The summed E-state index contributed by atoms with van der Waals surface area (Å²) in [5, 5.41) is 20.5. The predicted molar refractivity (Wildman–Crippen MR) is 109 cm³/mol. The molecule has 0 amide bonds. The first kappa shape index (κ1) is 20.2. The Morgan fingerprint density at radius 3 is 2.52 bits per heavy atom. The van der Waals surface area contributed by atoms with E-state index >= 15 is 0 Å². The molecule has 0 aliphatic heterocycles. The molecule has 0 aliphatic rings. The van der Waals surface area contributed by atoms with Crippen LogP contribution in [0.5, 0.6) is 11.6 Å². The van der Waals surface area contributed by atoms with Crippen LogP contribution in [0.2, 0.25) is 5.02 Å². The van der Waals surface area contributed by atoms with E-state index in [2.05, 4.69) is 0 Å². The van der Waals surface area contributed by atoms with E-state index in [4.69, 9.17) is 16.3 Å². The molecular formula is C22H17ClN2O4. The molecule has 1 heterocycles. The van der Waals surface area contributed by atoms with Crippen LogP contribution in [-0.4, -0.2) is 22.6 Å². The number of benzene rings is 2. The average Bonchev–Trinajstić information content (AvgIpc) is 2.72. The highest BCUT2D eigenvalue weighted by molar-refractivity contribution is 6.32. The van der Waals surface area contributed by atoms with Gasteiger partial charge in [0.15, 0.2) is 5.78 Å². The Labute approximate surface area is 172 Å². The molecule has 0 radical (unpaired) electrons. The monoisotopic (exact) mass is 408 g/mol. The molecule has 0 fully saturated rings. The molecule has 1 aromatic heterocycles. The van der Waals surface area contributed by atoms with Gasteiger partial charge >= 0.3 is 0 Å². The van der Waals surface area contributed by atoms with Crippen molar-refractivity contribution >= 4 is 17.4 Å². The van der Waals surface area contributed by atoms with Gasteiger partial charge in [-0.2, -0.15) is 5.26 Å². The van der Waals surface area contributed by atoms with Crippen LogP contribution in [0.4, 0.5) is 0 Å². The molecule has 6 nitrogen and oxygen atoms in total. The lowest BCUT2D eigenvalue weighted by Gasteiger charge is -2.16. The van der Waals surface area contributed by atoms with Crippen LogP contribution in [-0.2, 0) is 6.54 Å². The normalized spacial score (nSPS) is 10.4. The topological polar surface area (TPSA) is 92.3 Å². The molecule has 1 N–H and O–H groups in total. The minimum absolute atomic E-state index is 0.0180. The van der Waals surface area contributed by atoms with Gasteiger partial charge in [-0.1, -0.05) is 41.9 Å². The second-order valence-electron chi connectivity index (χ2n) is 6.37. The number of nitrogens with zero attached hydrogens (tertiary/aromatic N) is 2. The number of halogens is 1. The van der Waals surface area contributed by atoms with Crippen LogP contribution in [0, 0.1) is 18.3 Å². The van der Waals surface area contributed by atoms with Crippen LogP contribution < -0.4 is 10.3 Å². The Morgan fingerprint density at radius 2 is 1.93 bits per heavy atom. The number of ketones is 1. The maximum absolute atomic E-state index is 13.1. The molecule has 3 rings (SSSR count). The molecule has 29 heavy (non-hydrogen) atoms. The molecule has 7 heteroatoms. The second kappa shape index (κ2) is 8.21. The van der Waals surface area contributed by atoms with Gasteiger partial charge in [0.1, 0.15) is 17.4 Å². The third kappa shape index (κ3) is 3.73. The average molecular weight is 409 g/mol. The molecule has 0 saturated heterocycles. The fourth-order valence-electron chi connectivity index (χ4n) is 3.09. The molecule has 0 aliphatic carbocycles. The quantitative estimate of drug-likeness (QED) is 0.650. The van der Waals surface area contributed by atoms with Gasteiger partial charge in [-0.25, -0.2) is 0 Å². The second-order valence-corrected chi connectivity index (χ2v) is 6.77. The molecule has 0 bridgehead atoms. The van der Waals surface area contributed by atoms with Gasteiger partial charge < -0.3 is 9.84 Å². The number of hydrogen-bond donors (Lipinski definition) is 1. The summed E-state index contributed by atoms with van der Waals surface area (Å²) in [7, 11) is 1.46. The number of nitriles is 1. The van der Waals surface area contributed by atoms with Crippen molar-refractivity contribution in [3.8, 4) is 17.7 Å². The smallest absolute Gasteiger partial charge is 0.271 e. The number of pyridine rings is 1. The number of rotatable bonds is 5. The van der Waals surface area contributed by atoms with E-state index in [1.54, 1.807) is 24.3 Å². The zero-order chi connectivity index (χ0) is 21.1. The lowest BCUT2D eigenvalue weighted by atomic mass is 9.97. The lowest BCUT2D eigenvalue weighted by molar-refractivity contribution is 0.103. The van der Waals surface area contributed by atoms with Gasteiger partial charge in [0.2, 0.25) is 5.88 Å². The van der Waals surface area contributed by atoms with Crippen LogP contribution in [0.1, 0.15) is 32.6 Å². The summed E-state index contributed by atoms with van der Waals surface area (Å²) >= 11 is 6.12. The Bertz CT molecular complexity index is 1190. The Balaban J connectivity index is 2.19. The third-order valence-corrected chi connectivity index (χ3v) is 4.92. The highest BCUT2D eigenvalue weighted by Crippen LogP contribution is 2.29. The first-order valence-corrected chi connectivity index (χ1v) is 9.05. The molecule has 0 saturated carbocycles. The van der Waals surface area contributed by atoms with Crippen molar-refractivity contribution in [3.63, 3.8) is 0 Å². The van der Waals surface area contributed by atoms with Crippen molar-refractivity contribution in [1.29, 1.82) is 5.26 Å². The van der Waals surface area contributed by atoms with Crippen LogP contribution in [0.25, 0.3) is 0 Å². The summed E-state index contributed by atoms with van der Waals surface area (Å²) in [6.07, 6.45) is 0. The fraction of sp³-hybridized carbons (Fsp3) is 0.136. The van der Waals surface area contributed by atoms with Crippen LogP contribution in [0.3, 0.4) is 0 Å². The number of ether oxygens (including phenoxy) is 1. The molecule has 0 atom stereocenters. The minimum atomic E-state index is -0.657. The zero-order valence-corrected chi connectivity index (χ0v) is 16.5. The van der Waals surface area contributed by atoms with Gasteiger partial charge in [-0.05, 0) is 36.2 Å². The first-order chi connectivity index (χ1) is 13.9. The van der Waals surface area contributed by atoms with Gasteiger partial charge in [-0.15, -0.1) is 0 Å². The summed E-state index contributed by atoms with van der Waals surface area (Å²) in [5.41, 5.74) is 0.0958. The third-order valence-electron chi connectivity index (χ3n) is 4.62. The van der Waals surface area contributed by atoms with Crippen molar-refractivity contribution in [2.45, 2.75) is 13.5 Å². The van der Waals surface area contributed by atoms with Crippen molar-refractivity contribution < 1.29 is 14.6 Å². The highest BCUT2D eigenvalue weighted by atomic mass is 35.5. The molecular weight excluding hydrogens is 392 g/mol. The number of carbonyl (C=O) groups is 1.